The van der Waals surface area contributed by atoms with E-state index in [1.54, 1.807) is 24.0 Å². The van der Waals surface area contributed by atoms with Crippen molar-refractivity contribution in [3.05, 3.63) is 65.9 Å². The van der Waals surface area contributed by atoms with Crippen LogP contribution in [0.4, 0.5) is 40.7 Å². The maximum atomic E-state index is 14.1. The van der Waals surface area contributed by atoms with E-state index in [0.29, 0.717) is 43.4 Å². The van der Waals surface area contributed by atoms with E-state index in [9.17, 15) is 17.6 Å². The molecule has 1 fully saturated rings. The van der Waals surface area contributed by atoms with Crippen LogP contribution in [0.15, 0.2) is 59.0 Å². The minimum Gasteiger partial charge on any atom is -0.378 e. The van der Waals surface area contributed by atoms with Gasteiger partial charge >= 0.3 is 6.18 Å². The predicted octanol–water partition coefficient (Wildman–Crippen LogP) is 5.45. The summed E-state index contributed by atoms with van der Waals surface area (Å²) in [6.45, 7) is 3.78. The third-order valence-electron chi connectivity index (χ3n) is 5.04. The molecule has 0 amide bonds. The second kappa shape index (κ2) is 10.1. The number of nitrogens with one attached hydrogen (secondary N) is 1. The number of hydrogen-bond donors (Lipinski definition) is 1. The minimum absolute atomic E-state index is 0.0255. The quantitative estimate of drug-likeness (QED) is 0.377. The second-order valence-electron chi connectivity index (χ2n) is 7.51. The van der Waals surface area contributed by atoms with Gasteiger partial charge < -0.3 is 15.0 Å². The van der Waals surface area contributed by atoms with Crippen LogP contribution in [-0.2, 0) is 10.9 Å². The highest BCUT2D eigenvalue weighted by molar-refractivity contribution is 5.59. The molecule has 8 nitrogen and oxygen atoms in total. The summed E-state index contributed by atoms with van der Waals surface area (Å²) in [6, 6.07) is 7.81. The first-order valence-corrected chi connectivity index (χ1v) is 10.5. The topological polar surface area (TPSA) is 87.9 Å². The number of morpholine rings is 1. The van der Waals surface area contributed by atoms with Crippen LogP contribution in [-0.4, -0.2) is 41.3 Å². The number of aromatic nitrogens is 3. The highest BCUT2D eigenvalue weighted by Gasteiger charge is 2.30. The molecular formula is C22H21F4N7O. The van der Waals surface area contributed by atoms with Crippen molar-refractivity contribution >= 4 is 23.1 Å². The van der Waals surface area contributed by atoms with E-state index in [4.69, 9.17) is 4.74 Å². The van der Waals surface area contributed by atoms with Crippen molar-refractivity contribution in [2.45, 2.75) is 19.1 Å². The zero-order chi connectivity index (χ0) is 24.1. The molecule has 0 radical (unpaired) electrons. The summed E-state index contributed by atoms with van der Waals surface area (Å²) in [5, 5.41) is 11.1. The Hall–Kier alpha value is -3.67. The number of alkyl halides is 3. The first-order chi connectivity index (χ1) is 16.3. The van der Waals surface area contributed by atoms with Gasteiger partial charge in [0, 0.05) is 18.8 Å². The van der Waals surface area contributed by atoms with E-state index in [0.717, 1.165) is 18.3 Å². The lowest BCUT2D eigenvalue weighted by Crippen LogP contribution is -2.37. The molecule has 2 aromatic heterocycles. The van der Waals surface area contributed by atoms with Crippen LogP contribution in [0, 0.1) is 5.82 Å². The molecule has 3 heterocycles. The molecule has 1 unspecified atom stereocenters. The van der Waals surface area contributed by atoms with Crippen LogP contribution in [0.5, 0.6) is 0 Å². The standard InChI is InChI=1S/C22H21F4N7O/c1-14(31-32-21-28-13-18(23)20(30-21)33-7-9-34-10-8-33)19-6-5-17(12-27-19)29-16-4-2-3-15(11-16)22(24,25)26/h2-6,11-14,29H,7-10H2,1H3. The summed E-state index contributed by atoms with van der Waals surface area (Å²) in [6.07, 6.45) is -1.87. The molecular weight excluding hydrogens is 454 g/mol. The molecule has 0 bridgehead atoms. The van der Waals surface area contributed by atoms with Gasteiger partial charge in [-0.2, -0.15) is 23.3 Å². The van der Waals surface area contributed by atoms with Crippen molar-refractivity contribution in [1.82, 2.24) is 15.0 Å². The third kappa shape index (κ3) is 5.81. The molecule has 0 aliphatic carbocycles. The van der Waals surface area contributed by atoms with Gasteiger partial charge in [-0.15, -0.1) is 5.11 Å². The Labute approximate surface area is 192 Å². The van der Waals surface area contributed by atoms with Crippen LogP contribution in [0.25, 0.3) is 0 Å². The highest BCUT2D eigenvalue weighted by Crippen LogP contribution is 2.31. The first kappa shape index (κ1) is 23.5. The van der Waals surface area contributed by atoms with Crippen molar-refractivity contribution in [3.63, 3.8) is 0 Å². The minimum atomic E-state index is -4.42. The summed E-state index contributed by atoms with van der Waals surface area (Å²) in [7, 11) is 0. The van der Waals surface area contributed by atoms with Crippen LogP contribution >= 0.6 is 0 Å². The number of anilines is 3. The van der Waals surface area contributed by atoms with E-state index in [2.05, 4.69) is 30.5 Å². The molecule has 0 spiro atoms. The Bertz CT molecular complexity index is 1150. The molecule has 4 rings (SSSR count). The van der Waals surface area contributed by atoms with Gasteiger partial charge in [0.1, 0.15) is 6.04 Å². The highest BCUT2D eigenvalue weighted by atomic mass is 19.4. The normalized spacial score (nSPS) is 15.5. The zero-order valence-corrected chi connectivity index (χ0v) is 18.1. The largest absolute Gasteiger partial charge is 0.416 e. The predicted molar refractivity (Wildman–Crippen MR) is 117 cm³/mol. The number of rotatable bonds is 6. The van der Waals surface area contributed by atoms with Crippen molar-refractivity contribution < 1.29 is 22.3 Å². The van der Waals surface area contributed by atoms with Crippen LogP contribution < -0.4 is 10.2 Å². The monoisotopic (exact) mass is 475 g/mol. The van der Waals surface area contributed by atoms with Gasteiger partial charge in [0.05, 0.1) is 42.6 Å². The van der Waals surface area contributed by atoms with E-state index in [1.807, 2.05) is 0 Å². The van der Waals surface area contributed by atoms with E-state index in [1.165, 1.54) is 18.3 Å². The fraction of sp³-hybridized carbons (Fsp3) is 0.318. The lowest BCUT2D eigenvalue weighted by Gasteiger charge is -2.27. The molecule has 1 atom stereocenters. The summed E-state index contributed by atoms with van der Waals surface area (Å²) < 4.78 is 58.1. The summed E-state index contributed by atoms with van der Waals surface area (Å²) in [4.78, 5) is 14.1. The fourth-order valence-corrected chi connectivity index (χ4v) is 3.26. The molecule has 1 aliphatic heterocycles. The number of ether oxygens (including phenoxy) is 1. The maximum Gasteiger partial charge on any atom is 0.416 e. The molecule has 34 heavy (non-hydrogen) atoms. The van der Waals surface area contributed by atoms with Crippen molar-refractivity contribution in [2.24, 2.45) is 10.2 Å². The number of hydrogen-bond acceptors (Lipinski definition) is 8. The molecule has 3 aromatic rings. The van der Waals surface area contributed by atoms with Gasteiger partial charge in [0.2, 0.25) is 0 Å². The molecule has 1 saturated heterocycles. The Morgan fingerprint density at radius 2 is 1.85 bits per heavy atom. The van der Waals surface area contributed by atoms with Gasteiger partial charge in [-0.1, -0.05) is 6.07 Å². The SMILES string of the molecule is CC(N=Nc1ncc(F)c(N2CCOCC2)n1)c1ccc(Nc2cccc(C(F)(F)F)c2)cn1. The van der Waals surface area contributed by atoms with Crippen molar-refractivity contribution in [2.75, 3.05) is 36.5 Å². The molecule has 12 heteroatoms. The van der Waals surface area contributed by atoms with Gasteiger partial charge in [0.15, 0.2) is 11.6 Å². The Kier molecular flexibility index (Phi) is 6.96. The molecule has 1 N–H and O–H groups in total. The average Bonchev–Trinajstić information content (AvgIpc) is 2.84. The summed E-state index contributed by atoms with van der Waals surface area (Å²) in [5.41, 5.74) is 0.649. The number of azo groups is 1. The number of halogens is 4. The molecule has 178 valence electrons. The lowest BCUT2D eigenvalue weighted by molar-refractivity contribution is -0.137. The Morgan fingerprint density at radius 3 is 2.56 bits per heavy atom. The van der Waals surface area contributed by atoms with Crippen LogP contribution in [0.3, 0.4) is 0 Å². The van der Waals surface area contributed by atoms with Crippen molar-refractivity contribution in [1.29, 1.82) is 0 Å². The van der Waals surface area contributed by atoms with E-state index in [-0.39, 0.29) is 11.8 Å². The maximum absolute atomic E-state index is 14.1. The number of pyridine rings is 1. The average molecular weight is 475 g/mol. The zero-order valence-electron chi connectivity index (χ0n) is 18.1. The number of benzene rings is 1. The van der Waals surface area contributed by atoms with Gasteiger partial charge in [-0.25, -0.2) is 9.37 Å². The van der Waals surface area contributed by atoms with Crippen molar-refractivity contribution in [3.8, 4) is 0 Å². The van der Waals surface area contributed by atoms with Crippen LogP contribution in [0.1, 0.15) is 24.2 Å². The van der Waals surface area contributed by atoms with E-state index >= 15 is 0 Å². The van der Waals surface area contributed by atoms with Gasteiger partial charge in [-0.05, 0) is 37.3 Å². The van der Waals surface area contributed by atoms with Gasteiger partial charge in [-0.3, -0.25) is 4.98 Å². The Balaban J connectivity index is 1.42. The van der Waals surface area contributed by atoms with E-state index < -0.39 is 23.6 Å². The van der Waals surface area contributed by atoms with Crippen LogP contribution in [0.2, 0.25) is 0 Å². The summed E-state index contributed by atoms with van der Waals surface area (Å²) in [5.74, 6) is -0.361. The molecule has 0 saturated carbocycles. The second-order valence-corrected chi connectivity index (χ2v) is 7.51. The molecule has 1 aliphatic rings. The van der Waals surface area contributed by atoms with Gasteiger partial charge in [0.25, 0.3) is 5.95 Å². The smallest absolute Gasteiger partial charge is 0.378 e. The fourth-order valence-electron chi connectivity index (χ4n) is 3.26. The molecule has 1 aromatic carbocycles. The lowest BCUT2D eigenvalue weighted by atomic mass is 10.2. The third-order valence-corrected chi connectivity index (χ3v) is 5.04. The Morgan fingerprint density at radius 1 is 1.06 bits per heavy atom. The summed E-state index contributed by atoms with van der Waals surface area (Å²) >= 11 is 0. The first-order valence-electron chi connectivity index (χ1n) is 10.5. The number of nitrogens with zero attached hydrogens (tertiary/aromatic N) is 6.